The van der Waals surface area contributed by atoms with E-state index in [9.17, 15) is 9.18 Å². The Bertz CT molecular complexity index is 893. The van der Waals surface area contributed by atoms with Gasteiger partial charge >= 0.3 is 0 Å². The molecule has 2 bridgehead atoms. The Morgan fingerprint density at radius 3 is 2.85 bits per heavy atom. The smallest absolute Gasteiger partial charge is 0.253 e. The summed E-state index contributed by atoms with van der Waals surface area (Å²) in [6, 6.07) is 5.95. The fraction of sp³-hybridized carbons (Fsp3) is 0.450. The maximum absolute atomic E-state index is 13.6. The summed E-state index contributed by atoms with van der Waals surface area (Å²) < 4.78 is 13.6. The second kappa shape index (κ2) is 5.25. The second-order valence-corrected chi connectivity index (χ2v) is 8.06. The average molecular weight is 352 g/mol. The monoisotopic (exact) mass is 352 g/mol. The van der Waals surface area contributed by atoms with E-state index >= 15 is 0 Å². The van der Waals surface area contributed by atoms with E-state index < -0.39 is 5.67 Å². The lowest BCUT2D eigenvalue weighted by atomic mass is 9.47. The molecule has 3 heterocycles. The van der Waals surface area contributed by atoms with Crippen LogP contribution in [0.2, 0.25) is 0 Å². The molecular formula is C20H21FN4O. The van der Waals surface area contributed by atoms with E-state index in [2.05, 4.69) is 26.3 Å². The van der Waals surface area contributed by atoms with Gasteiger partial charge in [-0.1, -0.05) is 6.07 Å². The zero-order chi connectivity index (χ0) is 17.9. The molecule has 0 radical (unpaired) electrons. The fourth-order valence-corrected chi connectivity index (χ4v) is 4.68. The van der Waals surface area contributed by atoms with E-state index in [1.165, 1.54) is 5.56 Å². The molecule has 0 unspecified atom stereocenters. The number of alkyl halides is 1. The number of nitrogens with one attached hydrogen (secondary N) is 1. The maximum atomic E-state index is 13.6. The predicted molar refractivity (Wildman–Crippen MR) is 95.9 cm³/mol. The minimum atomic E-state index is -1.01. The number of aryl methyl sites for hydroxylation is 1. The quantitative estimate of drug-likeness (QED) is 0.923. The van der Waals surface area contributed by atoms with E-state index in [4.69, 9.17) is 0 Å². The van der Waals surface area contributed by atoms with Crippen molar-refractivity contribution in [2.75, 3.05) is 11.4 Å². The second-order valence-electron chi connectivity index (χ2n) is 8.06. The zero-order valence-corrected chi connectivity index (χ0v) is 14.8. The van der Waals surface area contributed by atoms with Crippen molar-refractivity contribution in [3.05, 3.63) is 53.0 Å². The van der Waals surface area contributed by atoms with Crippen LogP contribution in [0.3, 0.4) is 0 Å². The number of amides is 1. The molecule has 0 aromatic carbocycles. The summed E-state index contributed by atoms with van der Waals surface area (Å²) >= 11 is 0. The van der Waals surface area contributed by atoms with Crippen molar-refractivity contribution in [1.82, 2.24) is 15.3 Å². The Hall–Kier alpha value is -2.50. The van der Waals surface area contributed by atoms with Crippen LogP contribution >= 0.6 is 0 Å². The first-order chi connectivity index (χ1) is 12.5. The van der Waals surface area contributed by atoms with Crippen LogP contribution in [0.15, 0.2) is 30.6 Å². The van der Waals surface area contributed by atoms with Crippen LogP contribution in [0.25, 0.3) is 0 Å². The summed E-state index contributed by atoms with van der Waals surface area (Å²) in [6.45, 7) is 3.63. The molecule has 4 aliphatic rings. The van der Waals surface area contributed by atoms with Crippen molar-refractivity contribution in [3.63, 3.8) is 0 Å². The SMILES string of the molecule is Cc1cc(C(=O)NC23CC(F)(C2)C3)cnc1N1CCc2ncccc2C1. The number of halogens is 1. The molecule has 1 aliphatic heterocycles. The minimum Gasteiger partial charge on any atom is -0.352 e. The number of carbonyl (C=O) groups is 1. The molecule has 134 valence electrons. The largest absolute Gasteiger partial charge is 0.352 e. The lowest BCUT2D eigenvalue weighted by molar-refractivity contribution is -0.162. The first-order valence-corrected chi connectivity index (χ1v) is 9.11. The third-order valence-corrected chi connectivity index (χ3v) is 5.92. The number of anilines is 1. The van der Waals surface area contributed by atoms with Gasteiger partial charge in [-0.2, -0.15) is 0 Å². The van der Waals surface area contributed by atoms with Gasteiger partial charge in [-0.3, -0.25) is 9.78 Å². The van der Waals surface area contributed by atoms with Crippen LogP contribution in [0, 0.1) is 6.92 Å². The van der Waals surface area contributed by atoms with Crippen LogP contribution in [0.1, 0.15) is 46.4 Å². The third-order valence-electron chi connectivity index (χ3n) is 5.92. The maximum Gasteiger partial charge on any atom is 0.253 e. The van der Waals surface area contributed by atoms with Crippen molar-refractivity contribution in [2.45, 2.75) is 50.4 Å². The summed E-state index contributed by atoms with van der Waals surface area (Å²) in [5.41, 5.74) is 2.59. The molecule has 3 fully saturated rings. The zero-order valence-electron chi connectivity index (χ0n) is 14.8. The van der Waals surface area contributed by atoms with Crippen molar-refractivity contribution in [1.29, 1.82) is 0 Å². The Morgan fingerprint density at radius 2 is 2.12 bits per heavy atom. The molecule has 3 saturated carbocycles. The van der Waals surface area contributed by atoms with Gasteiger partial charge in [0.05, 0.1) is 5.56 Å². The Morgan fingerprint density at radius 1 is 1.31 bits per heavy atom. The van der Waals surface area contributed by atoms with E-state index in [0.717, 1.165) is 36.6 Å². The molecule has 0 spiro atoms. The minimum absolute atomic E-state index is 0.151. The number of aromatic nitrogens is 2. The van der Waals surface area contributed by atoms with Gasteiger partial charge < -0.3 is 10.2 Å². The van der Waals surface area contributed by atoms with Gasteiger partial charge in [0.25, 0.3) is 5.91 Å². The molecule has 5 nitrogen and oxygen atoms in total. The molecule has 6 rings (SSSR count). The molecule has 6 heteroatoms. The van der Waals surface area contributed by atoms with Crippen LogP contribution in [0.4, 0.5) is 10.2 Å². The summed E-state index contributed by atoms with van der Waals surface area (Å²) in [6.07, 6.45) is 5.73. The van der Waals surface area contributed by atoms with Gasteiger partial charge in [-0.05, 0) is 30.2 Å². The first kappa shape index (κ1) is 15.7. The molecule has 1 amide bonds. The van der Waals surface area contributed by atoms with Crippen molar-refractivity contribution in [3.8, 4) is 0 Å². The predicted octanol–water partition coefficient (Wildman–Crippen LogP) is 2.72. The average Bonchev–Trinajstić information content (AvgIpc) is 2.59. The van der Waals surface area contributed by atoms with Crippen molar-refractivity contribution < 1.29 is 9.18 Å². The lowest BCUT2D eigenvalue weighted by Gasteiger charge is -2.65. The van der Waals surface area contributed by atoms with E-state index in [0.29, 0.717) is 24.8 Å². The van der Waals surface area contributed by atoms with Gasteiger partial charge in [0.1, 0.15) is 11.5 Å². The molecule has 3 aliphatic carbocycles. The van der Waals surface area contributed by atoms with E-state index in [1.54, 1.807) is 6.20 Å². The molecule has 26 heavy (non-hydrogen) atoms. The Balaban J connectivity index is 1.32. The topological polar surface area (TPSA) is 58.1 Å². The number of fused-ring (bicyclic) bond motifs is 1. The highest BCUT2D eigenvalue weighted by Crippen LogP contribution is 2.62. The highest BCUT2D eigenvalue weighted by atomic mass is 19.1. The molecule has 0 saturated heterocycles. The van der Waals surface area contributed by atoms with Gasteiger partial charge in [0.2, 0.25) is 0 Å². The number of pyridine rings is 2. The summed E-state index contributed by atoms with van der Waals surface area (Å²) in [5, 5.41) is 3.00. The van der Waals surface area contributed by atoms with Gasteiger partial charge in [-0.25, -0.2) is 9.37 Å². The molecule has 2 aromatic heterocycles. The molecule has 1 N–H and O–H groups in total. The number of carbonyl (C=O) groups excluding carboxylic acids is 1. The number of hydrogen-bond donors (Lipinski definition) is 1. The number of nitrogens with zero attached hydrogens (tertiary/aromatic N) is 3. The van der Waals surface area contributed by atoms with Crippen molar-refractivity contribution >= 4 is 11.7 Å². The van der Waals surface area contributed by atoms with Gasteiger partial charge in [0.15, 0.2) is 0 Å². The van der Waals surface area contributed by atoms with Crippen LogP contribution in [0.5, 0.6) is 0 Å². The first-order valence-electron chi connectivity index (χ1n) is 9.11. The number of hydrogen-bond acceptors (Lipinski definition) is 4. The lowest BCUT2D eigenvalue weighted by Crippen LogP contribution is -2.76. The summed E-state index contributed by atoms with van der Waals surface area (Å²) in [7, 11) is 0. The summed E-state index contributed by atoms with van der Waals surface area (Å²) in [5.74, 6) is 0.756. The van der Waals surface area contributed by atoms with Crippen molar-refractivity contribution in [2.24, 2.45) is 0 Å². The molecular weight excluding hydrogens is 331 g/mol. The van der Waals surface area contributed by atoms with Crippen LogP contribution in [-0.2, 0) is 13.0 Å². The number of rotatable bonds is 3. The van der Waals surface area contributed by atoms with Crippen LogP contribution < -0.4 is 10.2 Å². The van der Waals surface area contributed by atoms with Gasteiger partial charge in [-0.15, -0.1) is 0 Å². The Kier molecular flexibility index (Phi) is 3.18. The van der Waals surface area contributed by atoms with Crippen LogP contribution in [-0.4, -0.2) is 33.6 Å². The van der Waals surface area contributed by atoms with Gasteiger partial charge in [0, 0.05) is 62.4 Å². The summed E-state index contributed by atoms with van der Waals surface area (Å²) in [4.78, 5) is 23.7. The highest BCUT2D eigenvalue weighted by molar-refractivity contribution is 5.95. The standard InChI is InChI=1S/C20H21FN4O/c1-13-7-15(18(26)24-20-10-19(21,11-20)12-20)8-23-17(13)25-6-4-16-14(9-25)3-2-5-22-16/h2-3,5,7-8H,4,6,9-12H2,1H3,(H,24,26). The normalized spacial score (nSPS) is 28.6. The third kappa shape index (κ3) is 2.39. The molecule has 2 aromatic rings. The Labute approximate surface area is 151 Å². The highest BCUT2D eigenvalue weighted by Gasteiger charge is 2.69. The van der Waals surface area contributed by atoms with E-state index in [-0.39, 0.29) is 11.4 Å². The molecule has 0 atom stereocenters. The van der Waals surface area contributed by atoms with E-state index in [1.807, 2.05) is 25.3 Å². The fourth-order valence-electron chi connectivity index (χ4n) is 4.68.